The topological polar surface area (TPSA) is 28.6 Å². The highest BCUT2D eigenvalue weighted by atomic mass is 32.1. The summed E-state index contributed by atoms with van der Waals surface area (Å²) in [5.41, 5.74) is 1.37. The number of thiazole rings is 1. The molecule has 2 fully saturated rings. The molecule has 4 nitrogen and oxygen atoms in total. The Kier molecular flexibility index (Phi) is 5.17. The fraction of sp³-hybridized carbons (Fsp3) is 0.824. The first-order valence-electron chi connectivity index (χ1n) is 8.58. The zero-order valence-corrected chi connectivity index (χ0v) is 15.0. The Labute approximate surface area is 138 Å². The van der Waals surface area contributed by atoms with Gasteiger partial charge in [0.05, 0.1) is 16.3 Å². The normalized spacial score (nSPS) is 25.9. The number of nitrogens with zero attached hydrogens (tertiary/aromatic N) is 3. The minimum absolute atomic E-state index is 0.140. The summed E-state index contributed by atoms with van der Waals surface area (Å²) in [4.78, 5) is 9.68. The van der Waals surface area contributed by atoms with Crippen LogP contribution in [0.15, 0.2) is 5.38 Å². The van der Waals surface area contributed by atoms with Gasteiger partial charge in [-0.1, -0.05) is 6.92 Å². The number of rotatable bonds is 4. The predicted octanol–water partition coefficient (Wildman–Crippen LogP) is 2.92. The first-order valence-corrected chi connectivity index (χ1v) is 9.46. The van der Waals surface area contributed by atoms with Crippen molar-refractivity contribution in [3.05, 3.63) is 16.1 Å². The highest BCUT2D eigenvalue weighted by Gasteiger charge is 2.41. The van der Waals surface area contributed by atoms with Crippen molar-refractivity contribution in [1.29, 1.82) is 0 Å². The maximum absolute atomic E-state index is 6.27. The molecule has 0 N–H and O–H groups in total. The number of piperidine rings is 1. The first kappa shape index (κ1) is 16.4. The summed E-state index contributed by atoms with van der Waals surface area (Å²) in [7, 11) is 2.22. The smallest absolute Gasteiger partial charge is 0.0897 e. The average molecular weight is 324 g/mol. The van der Waals surface area contributed by atoms with E-state index in [9.17, 15) is 0 Å². The second kappa shape index (κ2) is 6.95. The van der Waals surface area contributed by atoms with E-state index in [4.69, 9.17) is 4.74 Å². The molecule has 2 saturated heterocycles. The number of hydrogen-bond donors (Lipinski definition) is 0. The van der Waals surface area contributed by atoms with Gasteiger partial charge in [0.2, 0.25) is 0 Å². The van der Waals surface area contributed by atoms with Gasteiger partial charge in [-0.3, -0.25) is 4.90 Å². The summed E-state index contributed by atoms with van der Waals surface area (Å²) in [6.07, 6.45) is 4.73. The van der Waals surface area contributed by atoms with Crippen LogP contribution in [-0.4, -0.2) is 59.7 Å². The van der Waals surface area contributed by atoms with E-state index in [-0.39, 0.29) is 5.60 Å². The minimum Gasteiger partial charge on any atom is -0.375 e. The van der Waals surface area contributed by atoms with E-state index in [1.807, 2.05) is 0 Å². The molecular formula is C17H29N3OS. The van der Waals surface area contributed by atoms with Gasteiger partial charge >= 0.3 is 0 Å². The number of ether oxygens (including phenoxy) is 1. The quantitative estimate of drug-likeness (QED) is 0.852. The van der Waals surface area contributed by atoms with Gasteiger partial charge in [0, 0.05) is 37.7 Å². The lowest BCUT2D eigenvalue weighted by atomic mass is 9.82. The van der Waals surface area contributed by atoms with Crippen LogP contribution in [0.25, 0.3) is 0 Å². The molecule has 124 valence electrons. The molecule has 0 aliphatic carbocycles. The van der Waals surface area contributed by atoms with Crippen LogP contribution in [0.2, 0.25) is 0 Å². The third-order valence-corrected chi connectivity index (χ3v) is 6.14. The minimum atomic E-state index is 0.140. The summed E-state index contributed by atoms with van der Waals surface area (Å²) in [5, 5.41) is 3.38. The molecule has 3 heterocycles. The zero-order chi connectivity index (χ0) is 15.6. The van der Waals surface area contributed by atoms with Crippen molar-refractivity contribution in [3.8, 4) is 0 Å². The second-order valence-electron chi connectivity index (χ2n) is 6.90. The van der Waals surface area contributed by atoms with Crippen molar-refractivity contribution in [2.24, 2.45) is 0 Å². The molecule has 5 heteroatoms. The molecule has 3 rings (SSSR count). The van der Waals surface area contributed by atoms with Gasteiger partial charge in [0.1, 0.15) is 0 Å². The van der Waals surface area contributed by atoms with E-state index in [1.165, 1.54) is 43.1 Å². The number of aryl methyl sites for hydroxylation is 1. The molecular weight excluding hydrogens is 294 g/mol. The lowest BCUT2D eigenvalue weighted by Gasteiger charge is -2.47. The maximum Gasteiger partial charge on any atom is 0.0897 e. The van der Waals surface area contributed by atoms with E-state index in [0.29, 0.717) is 6.04 Å². The predicted molar refractivity (Wildman–Crippen MR) is 91.4 cm³/mol. The van der Waals surface area contributed by atoms with E-state index in [2.05, 4.69) is 41.1 Å². The van der Waals surface area contributed by atoms with Gasteiger partial charge in [-0.15, -0.1) is 11.3 Å². The SMILES string of the molecule is CCN(Cc1csc(C)n1)C1CCOC2(CCN(C)CC2)C1. The van der Waals surface area contributed by atoms with Crippen LogP contribution in [0.3, 0.4) is 0 Å². The number of aromatic nitrogens is 1. The molecule has 1 spiro atoms. The van der Waals surface area contributed by atoms with Crippen LogP contribution in [0.5, 0.6) is 0 Å². The van der Waals surface area contributed by atoms with Crippen LogP contribution in [0, 0.1) is 6.92 Å². The number of hydrogen-bond acceptors (Lipinski definition) is 5. The zero-order valence-electron chi connectivity index (χ0n) is 14.2. The van der Waals surface area contributed by atoms with Crippen molar-refractivity contribution in [3.63, 3.8) is 0 Å². The molecule has 1 unspecified atom stereocenters. The molecule has 0 aromatic carbocycles. The van der Waals surface area contributed by atoms with Crippen LogP contribution in [0.4, 0.5) is 0 Å². The third-order valence-electron chi connectivity index (χ3n) is 5.32. The van der Waals surface area contributed by atoms with Crippen molar-refractivity contribution in [2.45, 2.75) is 57.7 Å². The fourth-order valence-electron chi connectivity index (χ4n) is 3.88. The summed E-state index contributed by atoms with van der Waals surface area (Å²) in [5.74, 6) is 0. The Morgan fingerprint density at radius 1 is 1.45 bits per heavy atom. The average Bonchev–Trinajstić information content (AvgIpc) is 2.94. The van der Waals surface area contributed by atoms with E-state index < -0.39 is 0 Å². The molecule has 1 aromatic heterocycles. The van der Waals surface area contributed by atoms with Crippen LogP contribution >= 0.6 is 11.3 Å². The second-order valence-corrected chi connectivity index (χ2v) is 7.96. The first-order chi connectivity index (χ1) is 10.6. The van der Waals surface area contributed by atoms with Crippen molar-refractivity contribution < 1.29 is 4.74 Å². The Balaban J connectivity index is 1.64. The fourth-order valence-corrected chi connectivity index (χ4v) is 4.48. The molecule has 22 heavy (non-hydrogen) atoms. The Morgan fingerprint density at radius 3 is 2.86 bits per heavy atom. The van der Waals surface area contributed by atoms with Crippen molar-refractivity contribution in [1.82, 2.24) is 14.8 Å². The lowest BCUT2D eigenvalue weighted by molar-refractivity contribution is -0.131. The molecule has 1 atom stereocenters. The molecule has 2 aliphatic heterocycles. The van der Waals surface area contributed by atoms with Crippen molar-refractivity contribution >= 4 is 11.3 Å². The van der Waals surface area contributed by atoms with Gasteiger partial charge in [-0.25, -0.2) is 4.98 Å². The van der Waals surface area contributed by atoms with E-state index in [1.54, 1.807) is 11.3 Å². The standard InChI is InChI=1S/C17H29N3OS/c1-4-20(12-15-13-22-14(2)18-15)16-5-10-21-17(11-16)6-8-19(3)9-7-17/h13,16H,4-12H2,1-3H3. The highest BCUT2D eigenvalue weighted by Crippen LogP contribution is 2.36. The maximum atomic E-state index is 6.27. The monoisotopic (exact) mass is 323 g/mol. The summed E-state index contributed by atoms with van der Waals surface area (Å²) in [6, 6.07) is 0.643. The number of likely N-dealkylation sites (tertiary alicyclic amines) is 1. The van der Waals surface area contributed by atoms with Gasteiger partial charge < -0.3 is 9.64 Å². The van der Waals surface area contributed by atoms with Gasteiger partial charge in [0.15, 0.2) is 0 Å². The molecule has 0 radical (unpaired) electrons. The van der Waals surface area contributed by atoms with Crippen LogP contribution < -0.4 is 0 Å². The Morgan fingerprint density at radius 2 is 2.23 bits per heavy atom. The van der Waals surface area contributed by atoms with Gasteiger partial charge in [0.25, 0.3) is 0 Å². The molecule has 0 saturated carbocycles. The molecule has 2 aliphatic rings. The van der Waals surface area contributed by atoms with E-state index >= 15 is 0 Å². The molecule has 0 amide bonds. The highest BCUT2D eigenvalue weighted by molar-refractivity contribution is 7.09. The van der Waals surface area contributed by atoms with Gasteiger partial charge in [-0.2, -0.15) is 0 Å². The Bertz CT molecular complexity index is 482. The summed E-state index contributed by atoms with van der Waals surface area (Å²) < 4.78 is 6.27. The largest absolute Gasteiger partial charge is 0.375 e. The summed E-state index contributed by atoms with van der Waals surface area (Å²) in [6.45, 7) is 9.70. The van der Waals surface area contributed by atoms with Crippen LogP contribution in [0.1, 0.15) is 43.3 Å². The summed E-state index contributed by atoms with van der Waals surface area (Å²) >= 11 is 1.76. The molecule has 0 bridgehead atoms. The van der Waals surface area contributed by atoms with E-state index in [0.717, 1.165) is 26.1 Å². The molecule has 1 aromatic rings. The lowest BCUT2D eigenvalue weighted by Crippen LogP contribution is -2.53. The van der Waals surface area contributed by atoms with Gasteiger partial charge in [-0.05, 0) is 46.2 Å². The van der Waals surface area contributed by atoms with Crippen LogP contribution in [-0.2, 0) is 11.3 Å². The Hall–Kier alpha value is -0.490. The van der Waals surface area contributed by atoms with Crippen molar-refractivity contribution in [2.75, 3.05) is 33.3 Å². The third kappa shape index (κ3) is 3.70.